The summed E-state index contributed by atoms with van der Waals surface area (Å²) in [6.45, 7) is 2.74. The van der Waals surface area contributed by atoms with Crippen LogP contribution >= 0.6 is 11.8 Å². The number of imidazole rings is 1. The average Bonchev–Trinajstić information content (AvgIpc) is 3.15. The summed E-state index contributed by atoms with van der Waals surface area (Å²) in [5.74, 6) is 0.852. The lowest BCUT2D eigenvalue weighted by atomic mass is 10.2. The van der Waals surface area contributed by atoms with Crippen LogP contribution in [0.25, 0.3) is 0 Å². The number of benzene rings is 2. The van der Waals surface area contributed by atoms with Crippen LogP contribution < -0.4 is 5.32 Å². The predicted octanol–water partition coefficient (Wildman–Crippen LogP) is 5.04. The van der Waals surface area contributed by atoms with Gasteiger partial charge in [-0.3, -0.25) is 4.79 Å². The molecule has 0 aliphatic heterocycles. The van der Waals surface area contributed by atoms with Crippen LogP contribution in [0, 0.1) is 6.92 Å². The van der Waals surface area contributed by atoms with E-state index in [9.17, 15) is 4.79 Å². The van der Waals surface area contributed by atoms with Crippen LogP contribution in [-0.2, 0) is 6.54 Å². The van der Waals surface area contributed by atoms with Gasteiger partial charge < -0.3 is 9.88 Å². The molecule has 4 rings (SSSR count). The summed E-state index contributed by atoms with van der Waals surface area (Å²) in [6.07, 6.45) is 5.52. The van der Waals surface area contributed by atoms with Crippen molar-refractivity contribution in [3.05, 3.63) is 102 Å². The quantitative estimate of drug-likeness (QED) is 0.493. The van der Waals surface area contributed by atoms with E-state index in [1.165, 1.54) is 0 Å². The van der Waals surface area contributed by atoms with Crippen molar-refractivity contribution in [2.75, 3.05) is 5.32 Å². The fourth-order valence-corrected chi connectivity index (χ4v) is 3.64. The Hall–Kier alpha value is -3.38. The molecule has 2 heterocycles. The molecule has 6 heteroatoms. The molecule has 0 aliphatic rings. The summed E-state index contributed by atoms with van der Waals surface area (Å²) >= 11 is 1.57. The highest BCUT2D eigenvalue weighted by molar-refractivity contribution is 7.99. The number of nitrogens with zero attached hydrogens (tertiary/aromatic N) is 3. The van der Waals surface area contributed by atoms with E-state index in [0.29, 0.717) is 5.56 Å². The van der Waals surface area contributed by atoms with Crippen molar-refractivity contribution in [1.29, 1.82) is 0 Å². The molecule has 0 saturated carbocycles. The highest BCUT2D eigenvalue weighted by Gasteiger charge is 2.07. The first-order valence-corrected chi connectivity index (χ1v) is 10.1. The Kier molecular flexibility index (Phi) is 5.72. The van der Waals surface area contributed by atoms with Gasteiger partial charge in [-0.2, -0.15) is 0 Å². The third-order valence-corrected chi connectivity index (χ3v) is 5.42. The first kappa shape index (κ1) is 19.0. The summed E-state index contributed by atoms with van der Waals surface area (Å²) in [6, 6.07) is 21.2. The minimum Gasteiger partial charge on any atom is -0.331 e. The van der Waals surface area contributed by atoms with Gasteiger partial charge in [0.05, 0.1) is 0 Å². The van der Waals surface area contributed by atoms with E-state index in [1.807, 2.05) is 79.9 Å². The molecule has 1 amide bonds. The second kappa shape index (κ2) is 8.75. The average molecular weight is 401 g/mol. The maximum Gasteiger partial charge on any atom is 0.255 e. The number of amides is 1. The van der Waals surface area contributed by atoms with Crippen LogP contribution in [0.5, 0.6) is 0 Å². The first-order valence-electron chi connectivity index (χ1n) is 9.24. The van der Waals surface area contributed by atoms with E-state index in [0.717, 1.165) is 33.5 Å². The number of aromatic nitrogens is 3. The zero-order valence-electron chi connectivity index (χ0n) is 15.9. The SMILES string of the molecule is Cc1nccn1Cc1ccc(NC(=O)c2ccc(Sc3ccccn3)cc2)cc1. The lowest BCUT2D eigenvalue weighted by molar-refractivity contribution is 0.102. The van der Waals surface area contributed by atoms with E-state index in [2.05, 4.69) is 19.9 Å². The summed E-state index contributed by atoms with van der Waals surface area (Å²) < 4.78 is 2.08. The Bertz CT molecular complexity index is 1090. The van der Waals surface area contributed by atoms with Gasteiger partial charge in [0.25, 0.3) is 5.91 Å². The molecule has 0 saturated heterocycles. The number of anilines is 1. The number of nitrogens with one attached hydrogen (secondary N) is 1. The maximum absolute atomic E-state index is 12.5. The number of carbonyl (C=O) groups excluding carboxylic acids is 1. The lowest BCUT2D eigenvalue weighted by Gasteiger charge is -2.09. The Morgan fingerprint density at radius 1 is 0.966 bits per heavy atom. The van der Waals surface area contributed by atoms with Crippen molar-refractivity contribution in [2.24, 2.45) is 0 Å². The molecule has 29 heavy (non-hydrogen) atoms. The monoisotopic (exact) mass is 400 g/mol. The van der Waals surface area contributed by atoms with E-state index >= 15 is 0 Å². The Morgan fingerprint density at radius 2 is 1.76 bits per heavy atom. The lowest BCUT2D eigenvalue weighted by Crippen LogP contribution is -2.11. The van der Waals surface area contributed by atoms with E-state index in [4.69, 9.17) is 0 Å². The smallest absolute Gasteiger partial charge is 0.255 e. The number of carbonyl (C=O) groups is 1. The minimum absolute atomic E-state index is 0.127. The molecule has 144 valence electrons. The van der Waals surface area contributed by atoms with Crippen molar-refractivity contribution in [3.8, 4) is 0 Å². The zero-order chi connectivity index (χ0) is 20.1. The summed E-state index contributed by atoms with van der Waals surface area (Å²) in [5.41, 5.74) is 2.54. The fraction of sp³-hybridized carbons (Fsp3) is 0.0870. The molecular formula is C23H20N4OS. The molecule has 4 aromatic rings. The van der Waals surface area contributed by atoms with Gasteiger partial charge in [-0.25, -0.2) is 9.97 Å². The minimum atomic E-state index is -0.127. The Labute approximate surface area is 173 Å². The largest absolute Gasteiger partial charge is 0.331 e. The second-order valence-corrected chi connectivity index (χ2v) is 7.64. The van der Waals surface area contributed by atoms with Gasteiger partial charge in [-0.1, -0.05) is 30.0 Å². The highest BCUT2D eigenvalue weighted by atomic mass is 32.2. The van der Waals surface area contributed by atoms with Gasteiger partial charge in [0.15, 0.2) is 0 Å². The van der Waals surface area contributed by atoms with Crippen molar-refractivity contribution < 1.29 is 4.79 Å². The van der Waals surface area contributed by atoms with Crippen LogP contribution in [0.4, 0.5) is 5.69 Å². The topological polar surface area (TPSA) is 59.8 Å². The van der Waals surface area contributed by atoms with Crippen molar-refractivity contribution >= 4 is 23.4 Å². The van der Waals surface area contributed by atoms with Crippen molar-refractivity contribution in [2.45, 2.75) is 23.4 Å². The maximum atomic E-state index is 12.5. The number of aryl methyl sites for hydroxylation is 1. The van der Waals surface area contributed by atoms with E-state index in [-0.39, 0.29) is 5.91 Å². The van der Waals surface area contributed by atoms with Gasteiger partial charge in [-0.15, -0.1) is 0 Å². The van der Waals surface area contributed by atoms with Crippen LogP contribution in [-0.4, -0.2) is 20.4 Å². The number of hydrogen-bond acceptors (Lipinski definition) is 4. The second-order valence-electron chi connectivity index (χ2n) is 6.55. The fourth-order valence-electron chi connectivity index (χ4n) is 2.87. The predicted molar refractivity (Wildman–Crippen MR) is 115 cm³/mol. The molecule has 5 nitrogen and oxygen atoms in total. The molecule has 0 aliphatic carbocycles. The third kappa shape index (κ3) is 4.92. The molecule has 2 aromatic heterocycles. The van der Waals surface area contributed by atoms with Gasteiger partial charge in [-0.05, 0) is 61.0 Å². The molecule has 0 spiro atoms. The van der Waals surface area contributed by atoms with E-state index in [1.54, 1.807) is 24.2 Å². The Morgan fingerprint density at radius 3 is 2.41 bits per heavy atom. The molecule has 0 unspecified atom stereocenters. The van der Waals surface area contributed by atoms with E-state index < -0.39 is 0 Å². The van der Waals surface area contributed by atoms with Gasteiger partial charge >= 0.3 is 0 Å². The van der Waals surface area contributed by atoms with Gasteiger partial charge in [0.2, 0.25) is 0 Å². The van der Waals surface area contributed by atoms with Crippen LogP contribution in [0.1, 0.15) is 21.7 Å². The zero-order valence-corrected chi connectivity index (χ0v) is 16.8. The van der Waals surface area contributed by atoms with Crippen molar-refractivity contribution in [3.63, 3.8) is 0 Å². The molecule has 1 N–H and O–H groups in total. The van der Waals surface area contributed by atoms with Crippen molar-refractivity contribution in [1.82, 2.24) is 14.5 Å². The molecule has 0 atom stereocenters. The standard InChI is InChI=1S/C23H20N4OS/c1-17-24-14-15-27(17)16-18-5-9-20(10-6-18)26-23(28)19-7-11-21(12-8-19)29-22-4-2-3-13-25-22/h2-15H,16H2,1H3,(H,26,28). The summed E-state index contributed by atoms with van der Waals surface area (Å²) in [4.78, 5) is 22.1. The van der Waals surface area contributed by atoms with Crippen LogP contribution in [0.15, 0.2) is 95.2 Å². The molecular weight excluding hydrogens is 380 g/mol. The Balaban J connectivity index is 1.37. The van der Waals surface area contributed by atoms with Gasteiger partial charge in [0, 0.05) is 41.3 Å². The summed E-state index contributed by atoms with van der Waals surface area (Å²) in [5, 5.41) is 3.87. The summed E-state index contributed by atoms with van der Waals surface area (Å²) in [7, 11) is 0. The van der Waals surface area contributed by atoms with Crippen LogP contribution in [0.2, 0.25) is 0 Å². The normalized spacial score (nSPS) is 10.7. The molecule has 2 aromatic carbocycles. The molecule has 0 radical (unpaired) electrons. The third-order valence-electron chi connectivity index (χ3n) is 4.47. The molecule has 0 bridgehead atoms. The first-order chi connectivity index (χ1) is 14.2. The number of hydrogen-bond donors (Lipinski definition) is 1. The van der Waals surface area contributed by atoms with Crippen LogP contribution in [0.3, 0.4) is 0 Å². The number of rotatable bonds is 6. The number of pyridine rings is 1. The molecule has 0 fully saturated rings. The van der Waals surface area contributed by atoms with Gasteiger partial charge in [0.1, 0.15) is 10.9 Å². The highest BCUT2D eigenvalue weighted by Crippen LogP contribution is 2.25.